The Morgan fingerprint density at radius 1 is 0.889 bits per heavy atom. The number of nitrogen functional groups attached to an aromatic ring is 1. The first-order valence-corrected chi connectivity index (χ1v) is 12.9. The summed E-state index contributed by atoms with van der Waals surface area (Å²) in [6, 6.07) is 4.28. The van der Waals surface area contributed by atoms with E-state index in [1.54, 1.807) is 6.07 Å². The molecule has 0 heterocycles. The Bertz CT molecular complexity index is 1000. The molecule has 0 aliphatic rings. The smallest absolute Gasteiger partial charge is 0.397 e. The summed E-state index contributed by atoms with van der Waals surface area (Å²) in [5.74, 6) is 0. The van der Waals surface area contributed by atoms with Gasteiger partial charge in [0, 0.05) is 12.2 Å². The molecule has 0 radical (unpaired) electrons. The Labute approximate surface area is 155 Å². The van der Waals surface area contributed by atoms with Gasteiger partial charge in [-0.05, 0) is 25.1 Å². The maximum absolute atomic E-state index is 10.8. The van der Waals surface area contributed by atoms with Gasteiger partial charge in [-0.2, -0.15) is 33.7 Å². The second kappa shape index (κ2) is 10.1. The number of nitrogens with two attached hydrogens (primary N) is 1. The van der Waals surface area contributed by atoms with Crippen LogP contribution in [0.15, 0.2) is 23.1 Å². The molecule has 0 fully saturated rings. The predicted octanol–water partition coefficient (Wildman–Crippen LogP) is -0.872. The highest BCUT2D eigenvalue weighted by Gasteiger charge is 2.22. The third kappa shape index (κ3) is 14.2. The fourth-order valence-electron chi connectivity index (χ4n) is 1.10. The van der Waals surface area contributed by atoms with Crippen LogP contribution in [0.4, 0.5) is 11.4 Å². The molecule has 1 aromatic carbocycles. The van der Waals surface area contributed by atoms with Gasteiger partial charge in [0.2, 0.25) is 0 Å². The molecule has 0 aliphatic heterocycles. The first-order valence-electron chi connectivity index (χ1n) is 6.18. The zero-order valence-corrected chi connectivity index (χ0v) is 17.0. The topological polar surface area (TPSA) is 256 Å². The third-order valence-electron chi connectivity index (χ3n) is 1.93. The molecule has 0 atom stereocenters. The van der Waals surface area contributed by atoms with Crippen LogP contribution in [0.2, 0.25) is 0 Å². The molecule has 1 rings (SSSR count). The molecule has 0 aliphatic carbocycles. The highest BCUT2D eigenvalue weighted by Crippen LogP contribution is 2.21. The van der Waals surface area contributed by atoms with Gasteiger partial charge in [-0.1, -0.05) is 0 Å². The highest BCUT2D eigenvalue weighted by atomic mass is 33.2. The van der Waals surface area contributed by atoms with Crippen LogP contribution in [0.25, 0.3) is 0 Å². The largest absolute Gasteiger partial charge is 0.398 e. The van der Waals surface area contributed by atoms with Crippen molar-refractivity contribution in [3.63, 3.8) is 0 Å². The lowest BCUT2D eigenvalue weighted by Gasteiger charge is -2.06. The summed E-state index contributed by atoms with van der Waals surface area (Å²) in [7, 11) is -18.5. The lowest BCUT2D eigenvalue weighted by molar-refractivity contribution is 0.460. The van der Waals surface area contributed by atoms with E-state index >= 15 is 0 Å². The summed E-state index contributed by atoms with van der Waals surface area (Å²) in [5, 5.41) is 2.97. The number of rotatable bonds is 4. The Morgan fingerprint density at radius 3 is 1.48 bits per heavy atom. The van der Waals surface area contributed by atoms with Crippen LogP contribution in [0, 0.1) is 0 Å². The molecule has 0 saturated heterocycles. The molecule has 14 nitrogen and oxygen atoms in total. The van der Waals surface area contributed by atoms with Crippen LogP contribution < -0.4 is 11.1 Å². The summed E-state index contributed by atoms with van der Waals surface area (Å²) in [4.78, 5) is -0.265. The van der Waals surface area contributed by atoms with Gasteiger partial charge < -0.3 is 11.1 Å². The monoisotopic (exact) mass is 474 g/mol. The first kappa shape index (κ1) is 27.7. The molecule has 0 aromatic heterocycles. The van der Waals surface area contributed by atoms with Crippen molar-refractivity contribution < 1.29 is 51.9 Å². The van der Waals surface area contributed by atoms with Gasteiger partial charge in [0.1, 0.15) is 4.90 Å². The summed E-state index contributed by atoms with van der Waals surface area (Å²) in [6.07, 6.45) is 0.715. The van der Waals surface area contributed by atoms with Gasteiger partial charge in [0.25, 0.3) is 20.2 Å². The molecule has 18 heteroatoms. The molecule has 7 N–H and O–H groups in total. The van der Waals surface area contributed by atoms with Crippen LogP contribution in [-0.4, -0.2) is 64.7 Å². The minimum Gasteiger partial charge on any atom is -0.398 e. The van der Waals surface area contributed by atoms with Crippen LogP contribution in [-0.2, 0) is 38.5 Å². The van der Waals surface area contributed by atoms with Crippen molar-refractivity contribution >= 4 is 49.9 Å². The van der Waals surface area contributed by atoms with E-state index in [0.29, 0.717) is 12.8 Å². The molecule has 0 amide bonds. The molecule has 0 spiro atoms. The fraction of sp³-hybridized carbons (Fsp3) is 0.333. The molecule has 0 unspecified atom stereocenters. The zero-order valence-electron chi connectivity index (χ0n) is 13.7. The van der Waals surface area contributed by atoms with Gasteiger partial charge in [-0.15, -0.1) is 0 Å². The molecule has 160 valence electrons. The number of hydrogen-bond donors (Lipinski definition) is 6. The number of benzene rings is 1. The van der Waals surface area contributed by atoms with Crippen molar-refractivity contribution in [2.75, 3.05) is 23.9 Å². The second-order valence-electron chi connectivity index (χ2n) is 4.35. The summed E-state index contributed by atoms with van der Waals surface area (Å²) in [6.45, 7) is 2.62. The van der Waals surface area contributed by atoms with E-state index in [0.717, 1.165) is 5.69 Å². The Hall–Kier alpha value is -1.54. The average molecular weight is 475 g/mol. The fourth-order valence-corrected chi connectivity index (χ4v) is 1.69. The molecule has 1 aromatic rings. The predicted molar refractivity (Wildman–Crippen MR) is 95.4 cm³/mol. The maximum atomic E-state index is 10.8. The number of nitrogens with one attached hydrogen (secondary N) is 1. The molecular formula is C9H18N2O12S4. The minimum absolute atomic E-state index is 0.0333. The Kier molecular flexibility index (Phi) is 10.4. The SMILES string of the molecule is CCNc1ccc(S(=O)(=O)O)c(N)c1.CS(=O)(=O)O.O=S(=O)(O)S(=O)(=O)O. The van der Waals surface area contributed by atoms with E-state index in [1.807, 2.05) is 6.92 Å². The van der Waals surface area contributed by atoms with Crippen LogP contribution in [0.5, 0.6) is 0 Å². The average Bonchev–Trinajstić information content (AvgIpc) is 2.33. The van der Waals surface area contributed by atoms with Crippen molar-refractivity contribution in [1.82, 2.24) is 0 Å². The lowest BCUT2D eigenvalue weighted by atomic mass is 10.3. The van der Waals surface area contributed by atoms with Crippen molar-refractivity contribution in [1.29, 1.82) is 0 Å². The zero-order chi connectivity index (χ0) is 22.3. The van der Waals surface area contributed by atoms with Crippen molar-refractivity contribution in [2.45, 2.75) is 11.8 Å². The first-order chi connectivity index (χ1) is 11.7. The third-order valence-corrected chi connectivity index (χ3v) is 4.99. The van der Waals surface area contributed by atoms with Crippen LogP contribution >= 0.6 is 0 Å². The molecule has 27 heavy (non-hydrogen) atoms. The summed E-state index contributed by atoms with van der Waals surface area (Å²) in [5.41, 5.74) is 6.21. The van der Waals surface area contributed by atoms with Gasteiger partial charge in [-0.25, -0.2) is 0 Å². The van der Waals surface area contributed by atoms with Crippen LogP contribution in [0.1, 0.15) is 6.92 Å². The molecular weight excluding hydrogens is 456 g/mol. The van der Waals surface area contributed by atoms with E-state index < -0.39 is 38.5 Å². The van der Waals surface area contributed by atoms with E-state index in [4.69, 9.17) is 23.9 Å². The van der Waals surface area contributed by atoms with Crippen molar-refractivity contribution in [3.8, 4) is 0 Å². The maximum Gasteiger partial charge on any atom is 0.397 e. The van der Waals surface area contributed by atoms with Gasteiger partial charge in [-0.3, -0.25) is 18.2 Å². The quantitative estimate of drug-likeness (QED) is 0.176. The van der Waals surface area contributed by atoms with Gasteiger partial charge in [0.05, 0.1) is 11.9 Å². The van der Waals surface area contributed by atoms with E-state index in [2.05, 4.69) is 5.32 Å². The number of hydrogen-bond acceptors (Lipinski definition) is 10. The highest BCUT2D eigenvalue weighted by molar-refractivity contribution is 8.62. The van der Waals surface area contributed by atoms with Crippen molar-refractivity contribution in [2.24, 2.45) is 0 Å². The minimum atomic E-state index is -5.31. The van der Waals surface area contributed by atoms with Gasteiger partial charge in [0.15, 0.2) is 0 Å². The molecule has 0 bridgehead atoms. The van der Waals surface area contributed by atoms with Crippen LogP contribution in [0.3, 0.4) is 0 Å². The summed E-state index contributed by atoms with van der Waals surface area (Å²) >= 11 is 0. The second-order valence-corrected chi connectivity index (χ2v) is 11.4. The normalized spacial score (nSPS) is 12.1. The standard InChI is InChI=1S/C8H12N2O3S.CH4O3S.H2O6S2/c1-2-10-6-3-4-8(7(9)5-6)14(11,12)13;1-5(2,3)4;1-7(2,3)8(4,5)6/h3-5,10H,2,9H2,1H3,(H,11,12,13);1H3,(H,2,3,4);(H,1,2,3)(H,4,5,6). The Morgan fingerprint density at radius 2 is 1.26 bits per heavy atom. The van der Waals surface area contributed by atoms with E-state index in [9.17, 15) is 33.7 Å². The van der Waals surface area contributed by atoms with Crippen molar-refractivity contribution in [3.05, 3.63) is 18.2 Å². The van der Waals surface area contributed by atoms with E-state index in [1.165, 1.54) is 12.1 Å². The van der Waals surface area contributed by atoms with Gasteiger partial charge >= 0.3 is 18.3 Å². The number of anilines is 2. The summed E-state index contributed by atoms with van der Waals surface area (Å²) < 4.78 is 109. The van der Waals surface area contributed by atoms with E-state index in [-0.39, 0.29) is 10.6 Å². The molecule has 0 saturated carbocycles. The lowest BCUT2D eigenvalue weighted by Crippen LogP contribution is -2.11. The Balaban J connectivity index is 0.